The van der Waals surface area contributed by atoms with Crippen LogP contribution in [0.4, 0.5) is 5.69 Å². The number of amides is 1. The number of fused-ring (bicyclic) bond motifs is 1. The molecule has 29 heavy (non-hydrogen) atoms. The number of methoxy groups -OCH3 is 2. The third-order valence-electron chi connectivity index (χ3n) is 4.37. The fourth-order valence-corrected chi connectivity index (χ4v) is 2.90. The summed E-state index contributed by atoms with van der Waals surface area (Å²) >= 11 is 0. The average molecular weight is 386 g/mol. The van der Waals surface area contributed by atoms with Crippen molar-refractivity contribution in [3.05, 3.63) is 77.4 Å². The van der Waals surface area contributed by atoms with Gasteiger partial charge in [0.2, 0.25) is 0 Å². The first-order valence-corrected chi connectivity index (χ1v) is 8.74. The number of hydrogen-bond donors (Lipinski definition) is 1. The summed E-state index contributed by atoms with van der Waals surface area (Å²) in [5.41, 5.74) is 1.39. The normalized spacial score (nSPS) is 10.9. The number of nitriles is 1. The van der Waals surface area contributed by atoms with Crippen LogP contribution in [-0.2, 0) is 9.53 Å². The summed E-state index contributed by atoms with van der Waals surface area (Å²) in [7, 11) is 2.83. The smallest absolute Gasteiger partial charge is 0.337 e. The first-order chi connectivity index (χ1) is 14.1. The monoisotopic (exact) mass is 386 g/mol. The largest absolute Gasteiger partial charge is 0.496 e. The molecule has 0 unspecified atom stereocenters. The molecular formula is C23H18N2O4. The van der Waals surface area contributed by atoms with E-state index in [0.29, 0.717) is 22.6 Å². The van der Waals surface area contributed by atoms with Crippen molar-refractivity contribution in [2.45, 2.75) is 0 Å². The maximum Gasteiger partial charge on any atom is 0.337 e. The molecule has 3 aromatic rings. The predicted molar refractivity (Wildman–Crippen MR) is 111 cm³/mol. The summed E-state index contributed by atoms with van der Waals surface area (Å²) < 4.78 is 10.1. The van der Waals surface area contributed by atoms with Crippen LogP contribution in [0.15, 0.2) is 66.2 Å². The molecule has 0 saturated heterocycles. The van der Waals surface area contributed by atoms with Gasteiger partial charge in [-0.25, -0.2) is 4.79 Å². The van der Waals surface area contributed by atoms with Crippen molar-refractivity contribution >= 4 is 34.4 Å². The Balaban J connectivity index is 1.93. The molecule has 6 heteroatoms. The summed E-state index contributed by atoms with van der Waals surface area (Å²) in [6.45, 7) is 0. The summed E-state index contributed by atoms with van der Waals surface area (Å²) in [5, 5.41) is 14.0. The first-order valence-electron chi connectivity index (χ1n) is 8.74. The van der Waals surface area contributed by atoms with Gasteiger partial charge in [-0.05, 0) is 47.2 Å². The Morgan fingerprint density at radius 3 is 2.38 bits per heavy atom. The lowest BCUT2D eigenvalue weighted by Crippen LogP contribution is -2.13. The fraction of sp³-hybridized carbons (Fsp3) is 0.0870. The van der Waals surface area contributed by atoms with E-state index in [-0.39, 0.29) is 5.57 Å². The molecule has 0 aromatic heterocycles. The number of hydrogen-bond acceptors (Lipinski definition) is 5. The number of nitrogens with zero attached hydrogens (tertiary/aromatic N) is 1. The molecule has 0 saturated carbocycles. The van der Waals surface area contributed by atoms with E-state index in [2.05, 4.69) is 10.1 Å². The van der Waals surface area contributed by atoms with Gasteiger partial charge in [-0.15, -0.1) is 0 Å². The van der Waals surface area contributed by atoms with Gasteiger partial charge in [0.05, 0.1) is 19.8 Å². The zero-order valence-electron chi connectivity index (χ0n) is 15.9. The van der Waals surface area contributed by atoms with Crippen molar-refractivity contribution in [1.29, 1.82) is 5.26 Å². The lowest BCUT2D eigenvalue weighted by atomic mass is 10.0. The van der Waals surface area contributed by atoms with Crippen LogP contribution in [0.5, 0.6) is 5.75 Å². The Hall–Kier alpha value is -4.11. The van der Waals surface area contributed by atoms with Gasteiger partial charge in [-0.1, -0.05) is 30.3 Å². The molecule has 0 aliphatic heterocycles. The minimum Gasteiger partial charge on any atom is -0.496 e. The molecule has 1 N–H and O–H groups in total. The van der Waals surface area contributed by atoms with E-state index < -0.39 is 11.9 Å². The molecule has 0 atom stereocenters. The number of carbonyl (C=O) groups excluding carboxylic acids is 2. The standard InChI is InChI=1S/C23H18N2O4/c1-28-21-12-9-15-5-3-4-6-19(15)20(21)13-17(14-24)22(26)25-18-10-7-16(8-11-18)23(27)29-2/h3-13H,1-2H3,(H,25,26)/b17-13+. The molecule has 0 aliphatic carbocycles. The van der Waals surface area contributed by atoms with Crippen molar-refractivity contribution in [1.82, 2.24) is 0 Å². The minimum absolute atomic E-state index is 0.0725. The number of anilines is 1. The second kappa shape index (κ2) is 8.72. The Morgan fingerprint density at radius 1 is 1.00 bits per heavy atom. The molecule has 0 bridgehead atoms. The zero-order valence-corrected chi connectivity index (χ0v) is 15.9. The van der Waals surface area contributed by atoms with E-state index in [0.717, 1.165) is 10.8 Å². The van der Waals surface area contributed by atoms with Crippen molar-refractivity contribution in [3.63, 3.8) is 0 Å². The van der Waals surface area contributed by atoms with Crippen molar-refractivity contribution in [3.8, 4) is 11.8 Å². The van der Waals surface area contributed by atoms with Gasteiger partial charge < -0.3 is 14.8 Å². The van der Waals surface area contributed by atoms with Gasteiger partial charge in [0.1, 0.15) is 17.4 Å². The van der Waals surface area contributed by atoms with E-state index in [4.69, 9.17) is 4.74 Å². The van der Waals surface area contributed by atoms with Crippen LogP contribution in [0, 0.1) is 11.3 Å². The summed E-state index contributed by atoms with van der Waals surface area (Å²) in [6, 6.07) is 19.5. The van der Waals surface area contributed by atoms with E-state index in [1.807, 2.05) is 36.4 Å². The second-order valence-corrected chi connectivity index (χ2v) is 6.10. The first kappa shape index (κ1) is 19.6. The molecule has 0 fully saturated rings. The minimum atomic E-state index is -0.562. The van der Waals surface area contributed by atoms with Crippen LogP contribution in [0.3, 0.4) is 0 Å². The van der Waals surface area contributed by atoms with Gasteiger partial charge in [-0.2, -0.15) is 5.26 Å². The number of esters is 1. The van der Waals surface area contributed by atoms with Gasteiger partial charge in [0, 0.05) is 11.3 Å². The molecular weight excluding hydrogens is 368 g/mol. The lowest BCUT2D eigenvalue weighted by molar-refractivity contribution is -0.112. The summed E-state index contributed by atoms with van der Waals surface area (Å²) in [5.74, 6) is -0.469. The molecule has 0 spiro atoms. The summed E-state index contributed by atoms with van der Waals surface area (Å²) in [6.07, 6.45) is 1.51. The van der Waals surface area contributed by atoms with E-state index in [1.54, 1.807) is 18.2 Å². The molecule has 3 rings (SSSR count). The van der Waals surface area contributed by atoms with Crippen LogP contribution in [0.2, 0.25) is 0 Å². The molecule has 1 amide bonds. The highest BCUT2D eigenvalue weighted by Gasteiger charge is 2.14. The highest BCUT2D eigenvalue weighted by atomic mass is 16.5. The van der Waals surface area contributed by atoms with Gasteiger partial charge >= 0.3 is 5.97 Å². The highest BCUT2D eigenvalue weighted by Crippen LogP contribution is 2.30. The van der Waals surface area contributed by atoms with E-state index >= 15 is 0 Å². The number of nitrogens with one attached hydrogen (secondary N) is 1. The molecule has 144 valence electrons. The molecule has 0 heterocycles. The Bertz CT molecular complexity index is 1140. The maximum absolute atomic E-state index is 12.6. The van der Waals surface area contributed by atoms with Gasteiger partial charge in [-0.3, -0.25) is 4.79 Å². The molecule has 0 aliphatic rings. The van der Waals surface area contributed by atoms with E-state index in [9.17, 15) is 14.9 Å². The lowest BCUT2D eigenvalue weighted by Gasteiger charge is -2.10. The molecule has 6 nitrogen and oxygen atoms in total. The van der Waals surface area contributed by atoms with E-state index in [1.165, 1.54) is 32.4 Å². The highest BCUT2D eigenvalue weighted by molar-refractivity contribution is 6.11. The predicted octanol–water partition coefficient (Wildman–Crippen LogP) is 4.18. The van der Waals surface area contributed by atoms with Crippen molar-refractivity contribution in [2.24, 2.45) is 0 Å². The van der Waals surface area contributed by atoms with Crippen LogP contribution < -0.4 is 10.1 Å². The van der Waals surface area contributed by atoms with Crippen LogP contribution in [0.25, 0.3) is 16.8 Å². The zero-order chi connectivity index (χ0) is 20.8. The number of ether oxygens (including phenoxy) is 2. The number of rotatable bonds is 5. The SMILES string of the molecule is COC(=O)c1ccc(NC(=O)/C(C#N)=C/c2c(OC)ccc3ccccc23)cc1. The van der Waals surface area contributed by atoms with Crippen LogP contribution >= 0.6 is 0 Å². The van der Waals surface area contributed by atoms with Crippen LogP contribution in [0.1, 0.15) is 15.9 Å². The quantitative estimate of drug-likeness (QED) is 0.404. The van der Waals surface area contributed by atoms with Crippen molar-refractivity contribution < 1.29 is 19.1 Å². The third-order valence-corrected chi connectivity index (χ3v) is 4.37. The van der Waals surface area contributed by atoms with Gasteiger partial charge in [0.15, 0.2) is 0 Å². The average Bonchev–Trinajstić information content (AvgIpc) is 2.77. The molecule has 3 aromatic carbocycles. The van der Waals surface area contributed by atoms with Crippen LogP contribution in [-0.4, -0.2) is 26.1 Å². The Kier molecular flexibility index (Phi) is 5.91. The maximum atomic E-state index is 12.6. The second-order valence-electron chi connectivity index (χ2n) is 6.10. The number of carbonyl (C=O) groups is 2. The van der Waals surface area contributed by atoms with Crippen molar-refractivity contribution in [2.75, 3.05) is 19.5 Å². The molecule has 0 radical (unpaired) electrons. The Labute approximate surface area is 168 Å². The topological polar surface area (TPSA) is 88.4 Å². The number of benzene rings is 3. The van der Waals surface area contributed by atoms with Gasteiger partial charge in [0.25, 0.3) is 5.91 Å². The fourth-order valence-electron chi connectivity index (χ4n) is 2.90. The third kappa shape index (κ3) is 4.25. The Morgan fingerprint density at radius 2 is 1.72 bits per heavy atom. The summed E-state index contributed by atoms with van der Waals surface area (Å²) in [4.78, 5) is 24.1.